The highest BCUT2D eigenvalue weighted by molar-refractivity contribution is 4.95. The Kier molecular flexibility index (Phi) is 1.65. The van der Waals surface area contributed by atoms with Crippen molar-refractivity contribution in [2.24, 2.45) is 5.73 Å². The fourth-order valence-corrected chi connectivity index (χ4v) is 0. The number of allylic oxidation sites excluding steroid dienone is 2. The van der Waals surface area contributed by atoms with Gasteiger partial charge in [0.1, 0.15) is 0 Å². The summed E-state index contributed by atoms with van der Waals surface area (Å²) in [4.78, 5) is 0. The zero-order valence-corrected chi connectivity index (χ0v) is 3.36. The number of hydrogen-bond donors (Lipinski definition) is 1. The van der Waals surface area contributed by atoms with Crippen molar-refractivity contribution in [3.8, 4) is 0 Å². The fourth-order valence-electron chi connectivity index (χ4n) is 0. The zero-order valence-electron chi connectivity index (χ0n) is 3.36. The van der Waals surface area contributed by atoms with Crippen LogP contribution < -0.4 is 5.73 Å². The summed E-state index contributed by atoms with van der Waals surface area (Å²) in [5.41, 5.74) is 5.67. The molecule has 0 bridgehead atoms. The summed E-state index contributed by atoms with van der Waals surface area (Å²) in [7, 11) is 0. The number of rotatable bonds is 0. The molecule has 0 fully saturated rings. The molecule has 1 radical (unpaired) electrons. The lowest BCUT2D eigenvalue weighted by atomic mass is 10.5. The van der Waals surface area contributed by atoms with Crippen LogP contribution in [-0.2, 0) is 0 Å². The predicted octanol–water partition coefficient (Wildman–Crippen LogP) is 0.683. The first-order valence-electron chi connectivity index (χ1n) is 1.51. The predicted molar refractivity (Wildman–Crippen MR) is 23.3 cm³/mol. The molecule has 0 unspecified atom stereocenters. The monoisotopic (exact) mass is 70.1 g/mol. The highest BCUT2D eigenvalue weighted by Gasteiger charge is 1.60. The quantitative estimate of drug-likeness (QED) is 0.445. The van der Waals surface area contributed by atoms with Gasteiger partial charge in [-0.25, -0.2) is 0 Å². The fraction of sp³-hybridized carbons (Fsp3) is 0.250. The molecule has 0 rings (SSSR count). The summed E-state index contributed by atoms with van der Waals surface area (Å²) in [6.45, 7) is 5.25. The molecule has 29 valence electrons. The van der Waals surface area contributed by atoms with Crippen LogP contribution in [0.1, 0.15) is 6.92 Å². The third-order valence-electron chi connectivity index (χ3n) is 0.371. The minimum absolute atomic E-state index is 0.630. The minimum atomic E-state index is 0.630. The first kappa shape index (κ1) is 4.54. The molecule has 1 nitrogen and oxygen atoms in total. The van der Waals surface area contributed by atoms with Crippen molar-refractivity contribution in [2.75, 3.05) is 0 Å². The lowest BCUT2D eigenvalue weighted by Gasteiger charge is -1.76. The molecule has 5 heavy (non-hydrogen) atoms. The van der Waals surface area contributed by atoms with Crippen LogP contribution in [-0.4, -0.2) is 0 Å². The van der Waals surface area contributed by atoms with Gasteiger partial charge in [0.25, 0.3) is 0 Å². The lowest BCUT2D eigenvalue weighted by Crippen LogP contribution is -1.87. The van der Waals surface area contributed by atoms with E-state index in [0.29, 0.717) is 5.70 Å². The van der Waals surface area contributed by atoms with Crippen LogP contribution in [0.4, 0.5) is 0 Å². The van der Waals surface area contributed by atoms with E-state index >= 15 is 0 Å². The molecule has 0 saturated carbocycles. The van der Waals surface area contributed by atoms with E-state index in [9.17, 15) is 0 Å². The molecule has 0 heterocycles. The van der Waals surface area contributed by atoms with E-state index < -0.39 is 0 Å². The van der Waals surface area contributed by atoms with Crippen LogP contribution in [0.25, 0.3) is 0 Å². The van der Waals surface area contributed by atoms with Gasteiger partial charge >= 0.3 is 0 Å². The third-order valence-corrected chi connectivity index (χ3v) is 0.371. The molecule has 0 atom stereocenters. The second-order valence-electron chi connectivity index (χ2n) is 0.864. The van der Waals surface area contributed by atoms with Crippen LogP contribution in [0, 0.1) is 6.92 Å². The molecule has 0 aliphatic carbocycles. The van der Waals surface area contributed by atoms with Gasteiger partial charge in [0, 0.05) is 5.70 Å². The van der Waals surface area contributed by atoms with E-state index in [1.165, 1.54) is 0 Å². The first-order valence-corrected chi connectivity index (χ1v) is 1.51. The van der Waals surface area contributed by atoms with Crippen molar-refractivity contribution < 1.29 is 0 Å². The van der Waals surface area contributed by atoms with E-state index in [1.54, 1.807) is 6.08 Å². The van der Waals surface area contributed by atoms with Gasteiger partial charge in [0.15, 0.2) is 0 Å². The second-order valence-corrected chi connectivity index (χ2v) is 0.864. The Bertz CT molecular complexity index is 41.6. The third kappa shape index (κ3) is 3.54. The maximum absolute atomic E-state index is 5.04. The largest absolute Gasteiger partial charge is 0.402 e. The molecule has 0 aromatic rings. The molecule has 0 aromatic carbocycles. The van der Waals surface area contributed by atoms with Gasteiger partial charge in [-0.2, -0.15) is 0 Å². The standard InChI is InChI=1S/C4H8N/c1-3-4(2)5/h3H,2,5H2,1H3/b4-3-. The molecule has 1 heteroatoms. The van der Waals surface area contributed by atoms with Crippen LogP contribution in [0.5, 0.6) is 0 Å². The van der Waals surface area contributed by atoms with Crippen LogP contribution in [0.15, 0.2) is 11.8 Å². The number of hydrogen-bond acceptors (Lipinski definition) is 1. The van der Waals surface area contributed by atoms with E-state index in [1.807, 2.05) is 6.92 Å². The van der Waals surface area contributed by atoms with E-state index in [2.05, 4.69) is 6.92 Å². The van der Waals surface area contributed by atoms with Crippen molar-refractivity contribution in [3.05, 3.63) is 18.7 Å². The van der Waals surface area contributed by atoms with Crippen molar-refractivity contribution >= 4 is 0 Å². The Labute approximate surface area is 32.5 Å². The highest BCUT2D eigenvalue weighted by Crippen LogP contribution is 1.70. The maximum Gasteiger partial charge on any atom is 0.00410 e. The normalized spacial score (nSPS) is 12.0. The second kappa shape index (κ2) is 1.82. The Balaban J connectivity index is 3.14. The van der Waals surface area contributed by atoms with Crippen molar-refractivity contribution in [2.45, 2.75) is 6.92 Å². The molecule has 0 amide bonds. The summed E-state index contributed by atoms with van der Waals surface area (Å²) in [6.07, 6.45) is 1.75. The molecule has 0 spiro atoms. The summed E-state index contributed by atoms with van der Waals surface area (Å²) in [6, 6.07) is 0. The average Bonchev–Trinajstić information content (AvgIpc) is 1.38. The summed E-state index contributed by atoms with van der Waals surface area (Å²) in [5, 5.41) is 0. The van der Waals surface area contributed by atoms with Crippen LogP contribution in [0.2, 0.25) is 0 Å². The van der Waals surface area contributed by atoms with E-state index in [-0.39, 0.29) is 0 Å². The van der Waals surface area contributed by atoms with E-state index in [4.69, 9.17) is 5.73 Å². The average molecular weight is 70.1 g/mol. The molecule has 0 saturated heterocycles. The van der Waals surface area contributed by atoms with Gasteiger partial charge in [-0.1, -0.05) is 6.08 Å². The number of nitrogens with two attached hydrogens (primary N) is 1. The molecule has 0 aliphatic rings. The SMILES string of the molecule is [CH2]/C(N)=C/C. The smallest absolute Gasteiger partial charge is 0.00410 e. The van der Waals surface area contributed by atoms with Gasteiger partial charge in [-0.05, 0) is 13.8 Å². The minimum Gasteiger partial charge on any atom is -0.402 e. The molecule has 2 N–H and O–H groups in total. The molecule has 0 aromatic heterocycles. The van der Waals surface area contributed by atoms with Gasteiger partial charge in [0.05, 0.1) is 0 Å². The molecular formula is C4H8N. The first-order chi connectivity index (χ1) is 2.27. The molecule has 0 aliphatic heterocycles. The Morgan fingerprint density at radius 3 is 2.20 bits per heavy atom. The maximum atomic E-state index is 5.04. The summed E-state index contributed by atoms with van der Waals surface area (Å²) < 4.78 is 0. The Morgan fingerprint density at radius 1 is 2.00 bits per heavy atom. The zero-order chi connectivity index (χ0) is 4.28. The van der Waals surface area contributed by atoms with Crippen molar-refractivity contribution in [1.82, 2.24) is 0 Å². The topological polar surface area (TPSA) is 26.0 Å². The Morgan fingerprint density at radius 2 is 2.20 bits per heavy atom. The highest BCUT2D eigenvalue weighted by atomic mass is 14.5. The summed E-state index contributed by atoms with van der Waals surface area (Å²) >= 11 is 0. The van der Waals surface area contributed by atoms with Gasteiger partial charge < -0.3 is 5.73 Å². The Hall–Kier alpha value is -0.460. The van der Waals surface area contributed by atoms with Gasteiger partial charge in [-0.15, -0.1) is 0 Å². The van der Waals surface area contributed by atoms with Gasteiger partial charge in [0.2, 0.25) is 0 Å². The summed E-state index contributed by atoms with van der Waals surface area (Å²) in [5.74, 6) is 0. The molecular weight excluding hydrogens is 62.1 g/mol. The van der Waals surface area contributed by atoms with Crippen molar-refractivity contribution in [1.29, 1.82) is 0 Å². The van der Waals surface area contributed by atoms with E-state index in [0.717, 1.165) is 0 Å². The van der Waals surface area contributed by atoms with Crippen LogP contribution in [0.3, 0.4) is 0 Å². The van der Waals surface area contributed by atoms with Crippen molar-refractivity contribution in [3.63, 3.8) is 0 Å². The van der Waals surface area contributed by atoms with Gasteiger partial charge in [-0.3, -0.25) is 0 Å². The van der Waals surface area contributed by atoms with Crippen LogP contribution >= 0.6 is 0 Å². The lowest BCUT2D eigenvalue weighted by molar-refractivity contribution is 1.40.